The van der Waals surface area contributed by atoms with E-state index in [0.29, 0.717) is 11.1 Å². The smallest absolute Gasteiger partial charge is 0.185 e. The van der Waals surface area contributed by atoms with Crippen LogP contribution in [0.5, 0.6) is 0 Å². The second kappa shape index (κ2) is 6.83. The molecule has 1 atom stereocenters. The van der Waals surface area contributed by atoms with Gasteiger partial charge in [-0.25, -0.2) is 0 Å². The Labute approximate surface area is 147 Å². The molecule has 0 N–H and O–H groups in total. The second-order valence-electron chi connectivity index (χ2n) is 4.10. The molecular weight excluding hydrogens is 497 g/mol. The number of benzene rings is 2. The summed E-state index contributed by atoms with van der Waals surface area (Å²) in [4.78, 5) is 12.6. The van der Waals surface area contributed by atoms with Crippen molar-refractivity contribution in [2.45, 2.75) is 5.92 Å². The average molecular weight is 505 g/mol. The molecule has 0 radical (unpaired) electrons. The molecule has 20 heavy (non-hydrogen) atoms. The number of rotatable bonds is 3. The normalized spacial score (nSPS) is 11.7. The third-order valence-corrected chi connectivity index (χ3v) is 4.75. The van der Waals surface area contributed by atoms with Gasteiger partial charge in [0.15, 0.2) is 5.78 Å². The van der Waals surface area contributed by atoms with E-state index in [2.05, 4.69) is 60.5 Å². The lowest BCUT2D eigenvalue weighted by atomic mass is 9.92. The maximum Gasteiger partial charge on any atom is 0.185 e. The van der Waals surface area contributed by atoms with Crippen LogP contribution in [0.15, 0.2) is 51.4 Å². The Morgan fingerprint density at radius 1 is 1.10 bits per heavy atom. The van der Waals surface area contributed by atoms with Gasteiger partial charge in [-0.1, -0.05) is 44.0 Å². The first-order valence-corrected chi connectivity index (χ1v) is 8.33. The summed E-state index contributed by atoms with van der Waals surface area (Å²) in [7, 11) is 0. The number of ketones is 1. The SMILES string of the molecule is N#CC(C(=O)c1cc(Br)ccc1I)c1ccc(Br)cc1. The van der Waals surface area contributed by atoms with Crippen molar-refractivity contribution in [3.63, 3.8) is 0 Å². The highest BCUT2D eigenvalue weighted by atomic mass is 127. The first-order chi connectivity index (χ1) is 9.52. The van der Waals surface area contributed by atoms with Crippen LogP contribution in [0.1, 0.15) is 21.8 Å². The van der Waals surface area contributed by atoms with Gasteiger partial charge in [0.05, 0.1) is 6.07 Å². The molecule has 0 saturated carbocycles. The van der Waals surface area contributed by atoms with Crippen molar-refractivity contribution in [1.29, 1.82) is 5.26 Å². The van der Waals surface area contributed by atoms with E-state index >= 15 is 0 Å². The van der Waals surface area contributed by atoms with Crippen molar-refractivity contribution >= 4 is 60.2 Å². The second-order valence-corrected chi connectivity index (χ2v) is 7.10. The Hall–Kier alpha value is -0.710. The average Bonchev–Trinajstić information content (AvgIpc) is 2.44. The highest BCUT2D eigenvalue weighted by Crippen LogP contribution is 2.26. The molecule has 0 heterocycles. The zero-order valence-corrected chi connectivity index (χ0v) is 15.4. The van der Waals surface area contributed by atoms with Crippen molar-refractivity contribution in [2.24, 2.45) is 0 Å². The quantitative estimate of drug-likeness (QED) is 0.420. The van der Waals surface area contributed by atoms with Gasteiger partial charge in [-0.2, -0.15) is 5.26 Å². The van der Waals surface area contributed by atoms with Gasteiger partial charge >= 0.3 is 0 Å². The van der Waals surface area contributed by atoms with Gasteiger partial charge in [0.2, 0.25) is 0 Å². The number of hydrogen-bond donors (Lipinski definition) is 0. The van der Waals surface area contributed by atoms with E-state index in [-0.39, 0.29) is 5.78 Å². The molecule has 0 fully saturated rings. The summed E-state index contributed by atoms with van der Waals surface area (Å²) < 4.78 is 2.59. The van der Waals surface area contributed by atoms with Crippen molar-refractivity contribution in [1.82, 2.24) is 0 Å². The van der Waals surface area contributed by atoms with Gasteiger partial charge in [0.1, 0.15) is 5.92 Å². The number of hydrogen-bond acceptors (Lipinski definition) is 2. The van der Waals surface area contributed by atoms with Crippen LogP contribution in [0, 0.1) is 14.9 Å². The molecule has 0 aliphatic rings. The number of Topliss-reactive ketones (excluding diaryl/α,β-unsaturated/α-hetero) is 1. The lowest BCUT2D eigenvalue weighted by Crippen LogP contribution is -2.12. The fraction of sp³-hybridized carbons (Fsp3) is 0.0667. The van der Waals surface area contributed by atoms with Crippen molar-refractivity contribution in [3.05, 3.63) is 66.1 Å². The zero-order chi connectivity index (χ0) is 14.7. The van der Waals surface area contributed by atoms with Crippen LogP contribution in [-0.4, -0.2) is 5.78 Å². The first-order valence-electron chi connectivity index (χ1n) is 5.67. The van der Waals surface area contributed by atoms with E-state index < -0.39 is 5.92 Å². The minimum absolute atomic E-state index is 0.180. The Kier molecular flexibility index (Phi) is 5.35. The maximum absolute atomic E-state index is 12.6. The predicted molar refractivity (Wildman–Crippen MR) is 93.7 cm³/mol. The lowest BCUT2D eigenvalue weighted by molar-refractivity contribution is 0.0978. The van der Waals surface area contributed by atoms with E-state index in [0.717, 1.165) is 12.5 Å². The number of nitriles is 1. The summed E-state index contributed by atoms with van der Waals surface area (Å²) in [5, 5.41) is 9.34. The molecule has 2 aromatic rings. The summed E-state index contributed by atoms with van der Waals surface area (Å²) in [6.07, 6.45) is 0. The summed E-state index contributed by atoms with van der Waals surface area (Å²) in [6.45, 7) is 0. The Balaban J connectivity index is 2.42. The van der Waals surface area contributed by atoms with Crippen LogP contribution >= 0.6 is 54.5 Å². The molecule has 0 aliphatic heterocycles. The molecule has 0 aliphatic carbocycles. The largest absolute Gasteiger partial charge is 0.292 e. The predicted octanol–water partition coefficient (Wildman–Crippen LogP) is 5.31. The van der Waals surface area contributed by atoms with Crippen molar-refractivity contribution in [2.75, 3.05) is 0 Å². The number of carbonyl (C=O) groups excluding carboxylic acids is 1. The summed E-state index contributed by atoms with van der Waals surface area (Å²) in [5.74, 6) is -0.966. The fourth-order valence-corrected chi connectivity index (χ4v) is 3.01. The number of carbonyl (C=O) groups is 1. The van der Waals surface area contributed by atoms with Crippen LogP contribution < -0.4 is 0 Å². The molecule has 0 spiro atoms. The van der Waals surface area contributed by atoms with Crippen LogP contribution in [0.25, 0.3) is 0 Å². The van der Waals surface area contributed by atoms with Crippen molar-refractivity contribution < 1.29 is 4.79 Å². The standard InChI is InChI=1S/C15H8Br2INO/c16-10-3-1-9(2-4-10)13(8-19)15(20)12-7-11(17)5-6-14(12)18/h1-7,13H. The molecule has 5 heteroatoms. The number of nitrogens with zero attached hydrogens (tertiary/aromatic N) is 1. The van der Waals surface area contributed by atoms with Crippen LogP contribution in [0.4, 0.5) is 0 Å². The third-order valence-electron chi connectivity index (χ3n) is 2.79. The lowest BCUT2D eigenvalue weighted by Gasteiger charge is -2.10. The zero-order valence-electron chi connectivity index (χ0n) is 10.1. The minimum Gasteiger partial charge on any atom is -0.292 e. The van der Waals surface area contributed by atoms with Gasteiger partial charge in [0, 0.05) is 18.1 Å². The molecule has 0 bridgehead atoms. The van der Waals surface area contributed by atoms with Gasteiger partial charge in [-0.15, -0.1) is 0 Å². The van der Waals surface area contributed by atoms with E-state index in [1.807, 2.05) is 24.3 Å². The molecule has 0 amide bonds. The van der Waals surface area contributed by atoms with E-state index in [9.17, 15) is 10.1 Å². The molecular formula is C15H8Br2INO. The topological polar surface area (TPSA) is 40.9 Å². The van der Waals surface area contributed by atoms with E-state index in [4.69, 9.17) is 0 Å². The van der Waals surface area contributed by atoms with Crippen LogP contribution in [0.3, 0.4) is 0 Å². The van der Waals surface area contributed by atoms with Gasteiger partial charge in [-0.05, 0) is 58.5 Å². The Morgan fingerprint density at radius 3 is 2.30 bits per heavy atom. The molecule has 1 unspecified atom stereocenters. The van der Waals surface area contributed by atoms with Crippen LogP contribution in [-0.2, 0) is 0 Å². The summed E-state index contributed by atoms with van der Waals surface area (Å²) >= 11 is 8.81. The van der Waals surface area contributed by atoms with Crippen LogP contribution in [0.2, 0.25) is 0 Å². The molecule has 100 valence electrons. The molecule has 2 aromatic carbocycles. The van der Waals surface area contributed by atoms with Gasteiger partial charge in [-0.3, -0.25) is 4.79 Å². The molecule has 0 aromatic heterocycles. The summed E-state index contributed by atoms with van der Waals surface area (Å²) in [6, 6.07) is 14.8. The molecule has 2 rings (SSSR count). The monoisotopic (exact) mass is 503 g/mol. The van der Waals surface area contributed by atoms with Gasteiger partial charge in [0.25, 0.3) is 0 Å². The van der Waals surface area contributed by atoms with E-state index in [1.54, 1.807) is 18.2 Å². The maximum atomic E-state index is 12.6. The highest BCUT2D eigenvalue weighted by molar-refractivity contribution is 14.1. The molecule has 2 nitrogen and oxygen atoms in total. The fourth-order valence-electron chi connectivity index (χ4n) is 1.78. The Morgan fingerprint density at radius 2 is 1.70 bits per heavy atom. The van der Waals surface area contributed by atoms with Crippen molar-refractivity contribution in [3.8, 4) is 6.07 Å². The first kappa shape index (κ1) is 15.7. The third kappa shape index (κ3) is 3.48. The van der Waals surface area contributed by atoms with Gasteiger partial charge < -0.3 is 0 Å². The Bertz CT molecular complexity index is 692. The summed E-state index contributed by atoms with van der Waals surface area (Å²) in [5.41, 5.74) is 1.27. The van der Waals surface area contributed by atoms with E-state index in [1.165, 1.54) is 0 Å². The number of halogens is 3. The molecule has 0 saturated heterocycles. The minimum atomic E-state index is -0.786. The highest BCUT2D eigenvalue weighted by Gasteiger charge is 2.23.